The number of benzene rings is 2. The number of nitrogens with zero attached hydrogens (tertiary/aromatic N) is 2. The number of carbonyl (C=O) groups excluding carboxylic acids is 2. The van der Waals surface area contributed by atoms with E-state index >= 15 is 0 Å². The highest BCUT2D eigenvalue weighted by Gasteiger charge is 2.25. The molecule has 0 saturated carbocycles. The summed E-state index contributed by atoms with van der Waals surface area (Å²) in [7, 11) is 1.83. The second-order valence-electron chi connectivity index (χ2n) is 7.21. The van der Waals surface area contributed by atoms with E-state index in [9.17, 15) is 9.59 Å². The van der Waals surface area contributed by atoms with Crippen LogP contribution in [0.1, 0.15) is 36.9 Å². The molecule has 0 spiro atoms. The van der Waals surface area contributed by atoms with Gasteiger partial charge in [0.2, 0.25) is 0 Å². The van der Waals surface area contributed by atoms with Gasteiger partial charge < -0.3 is 14.5 Å². The van der Waals surface area contributed by atoms with Crippen molar-refractivity contribution in [2.24, 2.45) is 0 Å². The van der Waals surface area contributed by atoms with Crippen LogP contribution >= 0.6 is 11.6 Å². The number of ether oxygens (including phenoxy) is 1. The van der Waals surface area contributed by atoms with E-state index in [1.807, 2.05) is 55.3 Å². The lowest BCUT2D eigenvalue weighted by atomic mass is 10.1. The number of carbonyl (C=O) groups is 2. The molecule has 0 radical (unpaired) electrons. The van der Waals surface area contributed by atoms with Crippen molar-refractivity contribution in [3.63, 3.8) is 0 Å². The molecule has 1 heterocycles. The molecule has 7 heteroatoms. The predicted octanol–water partition coefficient (Wildman–Crippen LogP) is 5.30. The zero-order valence-corrected chi connectivity index (χ0v) is 17.5. The molecular weight excluding hydrogens is 390 g/mol. The van der Waals surface area contributed by atoms with E-state index in [1.165, 1.54) is 0 Å². The summed E-state index contributed by atoms with van der Waals surface area (Å²) >= 11 is 5.84. The van der Waals surface area contributed by atoms with Crippen molar-refractivity contribution in [3.05, 3.63) is 64.7 Å². The minimum Gasteiger partial charge on any atom is -0.444 e. The molecule has 154 valence electrons. The first-order valence-electron chi connectivity index (χ1n) is 9.74. The van der Waals surface area contributed by atoms with Crippen LogP contribution in [0.5, 0.6) is 0 Å². The average molecular weight is 416 g/mol. The minimum absolute atomic E-state index is 0.0583. The topological polar surface area (TPSA) is 61.9 Å². The summed E-state index contributed by atoms with van der Waals surface area (Å²) in [5.74, 6) is 0. The van der Waals surface area contributed by atoms with Crippen molar-refractivity contribution in [2.75, 3.05) is 25.5 Å². The fourth-order valence-electron chi connectivity index (χ4n) is 3.25. The van der Waals surface area contributed by atoms with Crippen molar-refractivity contribution in [2.45, 2.75) is 32.4 Å². The maximum atomic E-state index is 12.6. The summed E-state index contributed by atoms with van der Waals surface area (Å²) < 4.78 is 5.22. The predicted molar refractivity (Wildman–Crippen MR) is 114 cm³/mol. The molecule has 0 aliphatic carbocycles. The Labute approximate surface area is 176 Å². The quantitative estimate of drug-likeness (QED) is 0.720. The van der Waals surface area contributed by atoms with Crippen molar-refractivity contribution in [1.29, 1.82) is 0 Å². The van der Waals surface area contributed by atoms with E-state index in [0.717, 1.165) is 37.1 Å². The number of anilines is 1. The van der Waals surface area contributed by atoms with Gasteiger partial charge in [0, 0.05) is 30.8 Å². The average Bonchev–Trinajstić information content (AvgIpc) is 3.27. The van der Waals surface area contributed by atoms with Crippen LogP contribution in [0.4, 0.5) is 15.3 Å². The van der Waals surface area contributed by atoms with Gasteiger partial charge in [0.05, 0.1) is 6.04 Å². The van der Waals surface area contributed by atoms with E-state index in [2.05, 4.69) is 5.32 Å². The third-order valence-electron chi connectivity index (χ3n) is 5.18. The van der Waals surface area contributed by atoms with Crippen LogP contribution in [0.2, 0.25) is 5.02 Å². The number of halogens is 1. The summed E-state index contributed by atoms with van der Waals surface area (Å²) in [5.41, 5.74) is 2.50. The molecule has 3 rings (SSSR count). The van der Waals surface area contributed by atoms with Crippen LogP contribution in [-0.2, 0) is 11.3 Å². The molecule has 1 N–H and O–H groups in total. The molecule has 1 fully saturated rings. The number of hydrogen-bond donors (Lipinski definition) is 1. The zero-order valence-electron chi connectivity index (χ0n) is 16.7. The number of urea groups is 1. The fourth-order valence-corrected chi connectivity index (χ4v) is 3.38. The Morgan fingerprint density at radius 2 is 1.72 bits per heavy atom. The molecule has 2 aromatic carbocycles. The summed E-state index contributed by atoms with van der Waals surface area (Å²) in [4.78, 5) is 28.2. The van der Waals surface area contributed by atoms with E-state index in [-0.39, 0.29) is 18.7 Å². The summed E-state index contributed by atoms with van der Waals surface area (Å²) in [6.45, 7) is 3.83. The molecule has 1 aliphatic rings. The molecule has 3 amide bonds. The van der Waals surface area contributed by atoms with Gasteiger partial charge in [-0.15, -0.1) is 0 Å². The molecule has 6 nitrogen and oxygen atoms in total. The van der Waals surface area contributed by atoms with Crippen molar-refractivity contribution in [1.82, 2.24) is 9.80 Å². The maximum Gasteiger partial charge on any atom is 0.411 e. The molecular formula is C22H26ClN3O3. The Bertz CT molecular complexity index is 833. The molecule has 2 aromatic rings. The third kappa shape index (κ3) is 5.64. The van der Waals surface area contributed by atoms with Gasteiger partial charge in [-0.25, -0.2) is 9.59 Å². The number of rotatable bonds is 5. The van der Waals surface area contributed by atoms with Gasteiger partial charge in [-0.1, -0.05) is 35.9 Å². The van der Waals surface area contributed by atoms with Crippen molar-refractivity contribution < 1.29 is 14.3 Å². The zero-order chi connectivity index (χ0) is 20.8. The SMILES string of the molecule is CC(c1ccc(NC(=O)OCc2ccc(Cl)cc2)cc1)N(C)C(=O)N1CCCC1. The highest BCUT2D eigenvalue weighted by atomic mass is 35.5. The fraction of sp³-hybridized carbons (Fsp3) is 0.364. The number of hydrogen-bond acceptors (Lipinski definition) is 3. The Morgan fingerprint density at radius 3 is 2.34 bits per heavy atom. The largest absolute Gasteiger partial charge is 0.444 e. The lowest BCUT2D eigenvalue weighted by molar-refractivity contribution is 0.155. The summed E-state index contributed by atoms with van der Waals surface area (Å²) in [6.07, 6.45) is 1.62. The highest BCUT2D eigenvalue weighted by Crippen LogP contribution is 2.23. The van der Waals surface area contributed by atoms with E-state index in [1.54, 1.807) is 17.0 Å². The second kappa shape index (κ2) is 9.65. The minimum atomic E-state index is -0.526. The molecule has 1 unspecified atom stereocenters. The Balaban J connectivity index is 1.51. The van der Waals surface area contributed by atoms with Gasteiger partial charge in [0.15, 0.2) is 0 Å². The monoisotopic (exact) mass is 415 g/mol. The van der Waals surface area contributed by atoms with Crippen LogP contribution in [0, 0.1) is 0 Å². The molecule has 0 bridgehead atoms. The number of nitrogens with one attached hydrogen (secondary N) is 1. The van der Waals surface area contributed by atoms with Crippen LogP contribution in [0.3, 0.4) is 0 Å². The van der Waals surface area contributed by atoms with Gasteiger partial charge in [-0.2, -0.15) is 0 Å². The molecule has 1 saturated heterocycles. The van der Waals surface area contributed by atoms with Crippen molar-refractivity contribution >= 4 is 29.4 Å². The lowest BCUT2D eigenvalue weighted by Crippen LogP contribution is -2.40. The van der Waals surface area contributed by atoms with Gasteiger partial charge in [0.1, 0.15) is 6.61 Å². The molecule has 1 atom stereocenters. The molecule has 0 aromatic heterocycles. The maximum absolute atomic E-state index is 12.6. The highest BCUT2D eigenvalue weighted by molar-refractivity contribution is 6.30. The van der Waals surface area contributed by atoms with Crippen LogP contribution in [0.25, 0.3) is 0 Å². The standard InChI is InChI=1S/C22H26ClN3O3/c1-16(25(2)22(28)26-13-3-4-14-26)18-7-11-20(12-8-18)24-21(27)29-15-17-5-9-19(23)10-6-17/h5-12,16H,3-4,13-15H2,1-2H3,(H,24,27). The summed E-state index contributed by atoms with van der Waals surface area (Å²) in [6, 6.07) is 14.6. The first kappa shape index (κ1) is 21.0. The number of likely N-dealkylation sites (tertiary alicyclic amines) is 1. The Morgan fingerprint density at radius 1 is 1.10 bits per heavy atom. The first-order valence-corrected chi connectivity index (χ1v) is 10.1. The molecule has 29 heavy (non-hydrogen) atoms. The lowest BCUT2D eigenvalue weighted by Gasteiger charge is -2.29. The van der Waals surface area contributed by atoms with E-state index < -0.39 is 6.09 Å². The van der Waals surface area contributed by atoms with Crippen molar-refractivity contribution in [3.8, 4) is 0 Å². The third-order valence-corrected chi connectivity index (χ3v) is 5.43. The van der Waals surface area contributed by atoms with Crippen LogP contribution in [0.15, 0.2) is 48.5 Å². The van der Waals surface area contributed by atoms with Gasteiger partial charge in [0.25, 0.3) is 0 Å². The number of amides is 3. The van der Waals surface area contributed by atoms with E-state index in [4.69, 9.17) is 16.3 Å². The normalized spacial score (nSPS) is 14.4. The van der Waals surface area contributed by atoms with Gasteiger partial charge >= 0.3 is 12.1 Å². The smallest absolute Gasteiger partial charge is 0.411 e. The first-order chi connectivity index (χ1) is 13.9. The van der Waals surface area contributed by atoms with E-state index in [0.29, 0.717) is 10.7 Å². The Kier molecular flexibility index (Phi) is 6.99. The van der Waals surface area contributed by atoms with Crippen LogP contribution < -0.4 is 5.32 Å². The molecule has 1 aliphatic heterocycles. The second-order valence-corrected chi connectivity index (χ2v) is 7.65. The van der Waals surface area contributed by atoms with Crippen LogP contribution in [-0.4, -0.2) is 42.1 Å². The Hall–Kier alpha value is -2.73. The van der Waals surface area contributed by atoms with Gasteiger partial charge in [-0.05, 0) is 55.2 Å². The summed E-state index contributed by atoms with van der Waals surface area (Å²) in [5, 5.41) is 3.35. The van der Waals surface area contributed by atoms with Gasteiger partial charge in [-0.3, -0.25) is 5.32 Å².